The summed E-state index contributed by atoms with van der Waals surface area (Å²) in [6.07, 6.45) is 1.10. The first-order valence-corrected chi connectivity index (χ1v) is 5.60. The van der Waals surface area contributed by atoms with Crippen molar-refractivity contribution < 1.29 is 9.90 Å². The normalized spacial score (nSPS) is 9.89. The van der Waals surface area contributed by atoms with Gasteiger partial charge in [-0.2, -0.15) is 0 Å². The Morgan fingerprint density at radius 2 is 1.89 bits per heavy atom. The predicted molar refractivity (Wildman–Crippen MR) is 74.8 cm³/mol. The number of nitrogen functional groups attached to an aromatic ring is 1. The first kappa shape index (κ1) is 12.6. The predicted octanol–water partition coefficient (Wildman–Crippen LogP) is 2.22. The zero-order valence-corrected chi connectivity index (χ0v) is 10.1. The number of carbonyl (C=O) groups is 1. The summed E-state index contributed by atoms with van der Waals surface area (Å²) in [7, 11) is 0. The first-order valence-electron chi connectivity index (χ1n) is 5.60. The third-order valence-electron chi connectivity index (χ3n) is 2.63. The minimum Gasteiger partial charge on any atom is -0.508 e. The number of amides is 1. The van der Waals surface area contributed by atoms with Crippen LogP contribution in [0.3, 0.4) is 0 Å². The number of benzene rings is 2. The van der Waals surface area contributed by atoms with Gasteiger partial charge in [-0.15, -0.1) is 0 Å². The number of carbonyl (C=O) groups excluding carboxylic acids is 1. The average molecular weight is 255 g/mol. The summed E-state index contributed by atoms with van der Waals surface area (Å²) in [5.41, 5.74) is 7.61. The molecule has 1 amide bonds. The Morgan fingerprint density at radius 1 is 1.21 bits per heavy atom. The molecule has 0 heterocycles. The van der Waals surface area contributed by atoms with Crippen LogP contribution in [0, 0.1) is 5.41 Å². The fourth-order valence-electron chi connectivity index (χ4n) is 1.59. The van der Waals surface area contributed by atoms with Crippen LogP contribution >= 0.6 is 0 Å². The highest BCUT2D eigenvalue weighted by molar-refractivity contribution is 6.05. The molecule has 2 aromatic rings. The topological polar surface area (TPSA) is 99.2 Å². The van der Waals surface area contributed by atoms with E-state index in [-0.39, 0.29) is 11.7 Å². The Morgan fingerprint density at radius 3 is 2.53 bits per heavy atom. The number of rotatable bonds is 3. The summed E-state index contributed by atoms with van der Waals surface area (Å²) in [6, 6.07) is 10.9. The fraction of sp³-hybridized carbons (Fsp3) is 0. The summed E-state index contributed by atoms with van der Waals surface area (Å²) in [5.74, 6) is -0.162. The molecule has 0 saturated heterocycles. The zero-order chi connectivity index (χ0) is 13.8. The summed E-state index contributed by atoms with van der Waals surface area (Å²) < 4.78 is 0. The van der Waals surface area contributed by atoms with E-state index in [1.54, 1.807) is 30.3 Å². The molecule has 0 atom stereocenters. The third-order valence-corrected chi connectivity index (χ3v) is 2.63. The molecule has 0 aliphatic heterocycles. The monoisotopic (exact) mass is 255 g/mol. The maximum Gasteiger partial charge on any atom is 0.255 e. The number of hydrogen-bond acceptors (Lipinski definition) is 4. The van der Waals surface area contributed by atoms with Gasteiger partial charge >= 0.3 is 0 Å². The first-order chi connectivity index (χ1) is 9.10. The maximum atomic E-state index is 12.0. The fourth-order valence-corrected chi connectivity index (χ4v) is 1.59. The molecule has 0 unspecified atom stereocenters. The van der Waals surface area contributed by atoms with E-state index in [1.807, 2.05) is 0 Å². The minimum atomic E-state index is -0.297. The third kappa shape index (κ3) is 2.90. The maximum absolute atomic E-state index is 12.0. The van der Waals surface area contributed by atoms with Crippen molar-refractivity contribution in [2.75, 3.05) is 11.1 Å². The number of aromatic hydroxyl groups is 1. The van der Waals surface area contributed by atoms with Crippen LogP contribution in [-0.2, 0) is 0 Å². The second-order valence-electron chi connectivity index (χ2n) is 3.99. The van der Waals surface area contributed by atoms with Crippen molar-refractivity contribution in [1.29, 1.82) is 5.41 Å². The summed E-state index contributed by atoms with van der Waals surface area (Å²) in [4.78, 5) is 12.0. The van der Waals surface area contributed by atoms with Gasteiger partial charge in [0, 0.05) is 28.7 Å². The van der Waals surface area contributed by atoms with Gasteiger partial charge in [0.05, 0.1) is 0 Å². The van der Waals surface area contributed by atoms with Crippen molar-refractivity contribution in [3.63, 3.8) is 0 Å². The van der Waals surface area contributed by atoms with Crippen molar-refractivity contribution in [3.8, 4) is 5.75 Å². The lowest BCUT2D eigenvalue weighted by Crippen LogP contribution is -2.12. The number of hydrogen-bond donors (Lipinski definition) is 4. The molecule has 5 heteroatoms. The lowest BCUT2D eigenvalue weighted by molar-refractivity contribution is 0.102. The van der Waals surface area contributed by atoms with Crippen LogP contribution in [0.25, 0.3) is 0 Å². The van der Waals surface area contributed by atoms with Gasteiger partial charge in [0.1, 0.15) is 5.75 Å². The highest BCUT2D eigenvalue weighted by atomic mass is 16.3. The van der Waals surface area contributed by atoms with Gasteiger partial charge < -0.3 is 21.6 Å². The lowest BCUT2D eigenvalue weighted by atomic mass is 10.1. The van der Waals surface area contributed by atoms with E-state index in [0.717, 1.165) is 6.21 Å². The molecule has 0 spiro atoms. The molecule has 2 aromatic carbocycles. The molecule has 5 N–H and O–H groups in total. The van der Waals surface area contributed by atoms with Crippen molar-refractivity contribution >= 4 is 23.5 Å². The average Bonchev–Trinajstić information content (AvgIpc) is 2.42. The Bertz CT molecular complexity index is 621. The van der Waals surface area contributed by atoms with E-state index in [0.29, 0.717) is 22.5 Å². The van der Waals surface area contributed by atoms with E-state index >= 15 is 0 Å². The summed E-state index contributed by atoms with van der Waals surface area (Å²) in [6.45, 7) is 0. The lowest BCUT2D eigenvalue weighted by Gasteiger charge is -2.07. The molecule has 0 saturated carbocycles. The number of phenols is 1. The Balaban J connectivity index is 2.20. The molecule has 5 nitrogen and oxygen atoms in total. The van der Waals surface area contributed by atoms with E-state index in [4.69, 9.17) is 16.2 Å². The largest absolute Gasteiger partial charge is 0.508 e. The number of nitrogens with one attached hydrogen (secondary N) is 2. The van der Waals surface area contributed by atoms with Gasteiger partial charge in [-0.05, 0) is 42.5 Å². The van der Waals surface area contributed by atoms with Crippen LogP contribution in [-0.4, -0.2) is 17.2 Å². The summed E-state index contributed by atoms with van der Waals surface area (Å²) in [5, 5.41) is 19.0. The minimum absolute atomic E-state index is 0.136. The van der Waals surface area contributed by atoms with Crippen LogP contribution in [0.5, 0.6) is 5.75 Å². The van der Waals surface area contributed by atoms with Crippen LogP contribution in [0.4, 0.5) is 11.4 Å². The van der Waals surface area contributed by atoms with Gasteiger partial charge in [0.2, 0.25) is 0 Å². The van der Waals surface area contributed by atoms with Crippen LogP contribution < -0.4 is 11.1 Å². The van der Waals surface area contributed by atoms with E-state index < -0.39 is 0 Å². The molecule has 19 heavy (non-hydrogen) atoms. The second kappa shape index (κ2) is 5.22. The van der Waals surface area contributed by atoms with Gasteiger partial charge in [-0.25, -0.2) is 0 Å². The molecular formula is C14H13N3O2. The van der Waals surface area contributed by atoms with Crippen molar-refractivity contribution in [3.05, 3.63) is 53.6 Å². The van der Waals surface area contributed by atoms with E-state index in [1.165, 1.54) is 12.1 Å². The quantitative estimate of drug-likeness (QED) is 0.384. The highest BCUT2D eigenvalue weighted by Gasteiger charge is 2.08. The molecule has 0 bridgehead atoms. The molecule has 0 radical (unpaired) electrons. The van der Waals surface area contributed by atoms with E-state index in [2.05, 4.69) is 5.32 Å². The summed E-state index contributed by atoms with van der Waals surface area (Å²) >= 11 is 0. The Hall–Kier alpha value is -2.82. The van der Waals surface area contributed by atoms with Gasteiger partial charge in [-0.1, -0.05) is 0 Å². The number of nitrogens with two attached hydrogens (primary N) is 1. The molecule has 0 aliphatic carbocycles. The SMILES string of the molecule is N=Cc1cc(C(=O)Nc2ccc(O)cc2)ccc1N. The van der Waals surface area contributed by atoms with Crippen molar-refractivity contribution in [2.45, 2.75) is 0 Å². The number of anilines is 2. The van der Waals surface area contributed by atoms with Crippen molar-refractivity contribution in [2.24, 2.45) is 0 Å². The molecule has 2 rings (SSSR count). The second-order valence-corrected chi connectivity index (χ2v) is 3.99. The molecular weight excluding hydrogens is 242 g/mol. The van der Waals surface area contributed by atoms with Crippen LogP contribution in [0.2, 0.25) is 0 Å². The van der Waals surface area contributed by atoms with E-state index in [9.17, 15) is 4.79 Å². The Labute approximate surface area is 110 Å². The zero-order valence-electron chi connectivity index (χ0n) is 10.1. The molecule has 0 aromatic heterocycles. The standard InChI is InChI=1S/C14H13N3O2/c15-8-10-7-9(1-6-13(10)16)14(19)17-11-2-4-12(18)5-3-11/h1-8,15,18H,16H2,(H,17,19). The van der Waals surface area contributed by atoms with Gasteiger partial charge in [0.25, 0.3) is 5.91 Å². The smallest absolute Gasteiger partial charge is 0.255 e. The van der Waals surface area contributed by atoms with Crippen LogP contribution in [0.15, 0.2) is 42.5 Å². The van der Waals surface area contributed by atoms with Crippen LogP contribution in [0.1, 0.15) is 15.9 Å². The molecule has 96 valence electrons. The Kier molecular flexibility index (Phi) is 3.47. The van der Waals surface area contributed by atoms with Gasteiger partial charge in [0.15, 0.2) is 0 Å². The molecule has 0 fully saturated rings. The van der Waals surface area contributed by atoms with Gasteiger partial charge in [-0.3, -0.25) is 4.79 Å². The molecule has 0 aliphatic rings. The number of phenolic OH excluding ortho intramolecular Hbond substituents is 1. The highest BCUT2D eigenvalue weighted by Crippen LogP contribution is 2.16. The van der Waals surface area contributed by atoms with Crippen molar-refractivity contribution in [1.82, 2.24) is 0 Å².